The number of thiophene rings is 1. The molecular weight excluding hydrogens is 372 g/mol. The second-order valence-corrected chi connectivity index (χ2v) is 7.29. The summed E-state index contributed by atoms with van der Waals surface area (Å²) in [5.74, 6) is -1.13. The van der Waals surface area contributed by atoms with Crippen molar-refractivity contribution in [3.63, 3.8) is 0 Å². The fourth-order valence-corrected chi connectivity index (χ4v) is 4.24. The van der Waals surface area contributed by atoms with Gasteiger partial charge in [0, 0.05) is 34.8 Å². The van der Waals surface area contributed by atoms with E-state index in [9.17, 15) is 14.7 Å². The highest BCUT2D eigenvalue weighted by molar-refractivity contribution is 7.15. The van der Waals surface area contributed by atoms with Crippen molar-refractivity contribution in [3.05, 3.63) is 69.4 Å². The molecule has 0 bridgehead atoms. The summed E-state index contributed by atoms with van der Waals surface area (Å²) < 4.78 is 0. The number of nitrogens with one attached hydrogen (secondary N) is 2. The van der Waals surface area contributed by atoms with E-state index in [4.69, 9.17) is 5.41 Å². The van der Waals surface area contributed by atoms with Crippen LogP contribution in [0, 0.1) is 5.41 Å². The molecule has 1 heterocycles. The maximum absolute atomic E-state index is 11.9. The molecule has 1 amide bonds. The van der Waals surface area contributed by atoms with E-state index >= 15 is 0 Å². The highest BCUT2D eigenvalue weighted by Crippen LogP contribution is 2.37. The summed E-state index contributed by atoms with van der Waals surface area (Å²) in [6.45, 7) is 1.96. The number of carboxylic acid groups (broad SMARTS) is 1. The lowest BCUT2D eigenvalue weighted by molar-refractivity contribution is 0.0702. The van der Waals surface area contributed by atoms with E-state index < -0.39 is 5.97 Å². The van der Waals surface area contributed by atoms with Gasteiger partial charge in [-0.05, 0) is 35.2 Å². The summed E-state index contributed by atoms with van der Waals surface area (Å²) in [7, 11) is 1.59. The SMILES string of the molecule is CCc1sc(C(=O)O)c(-c2ccc(-c3cccc(C(=O)NC)c3)cc2)c1C=N. The molecule has 0 saturated heterocycles. The molecule has 142 valence electrons. The van der Waals surface area contributed by atoms with Crippen LogP contribution in [0.4, 0.5) is 0 Å². The van der Waals surface area contributed by atoms with Crippen LogP contribution in [0.3, 0.4) is 0 Å². The molecule has 0 saturated carbocycles. The quantitative estimate of drug-likeness (QED) is 0.531. The number of carboxylic acids is 1. The minimum Gasteiger partial charge on any atom is -0.477 e. The highest BCUT2D eigenvalue weighted by atomic mass is 32.1. The maximum Gasteiger partial charge on any atom is 0.346 e. The lowest BCUT2D eigenvalue weighted by Crippen LogP contribution is -2.17. The monoisotopic (exact) mass is 392 g/mol. The van der Waals surface area contributed by atoms with E-state index in [0.717, 1.165) is 21.6 Å². The van der Waals surface area contributed by atoms with Crippen LogP contribution in [0.15, 0.2) is 48.5 Å². The summed E-state index contributed by atoms with van der Waals surface area (Å²) in [6.07, 6.45) is 1.91. The van der Waals surface area contributed by atoms with Gasteiger partial charge in [-0.2, -0.15) is 0 Å². The van der Waals surface area contributed by atoms with Crippen molar-refractivity contribution >= 4 is 29.4 Å². The van der Waals surface area contributed by atoms with Crippen molar-refractivity contribution in [2.45, 2.75) is 13.3 Å². The Morgan fingerprint density at radius 3 is 2.36 bits per heavy atom. The number of rotatable bonds is 6. The zero-order chi connectivity index (χ0) is 20.3. The second kappa shape index (κ2) is 8.19. The van der Waals surface area contributed by atoms with Crippen molar-refractivity contribution in [1.29, 1.82) is 5.41 Å². The Morgan fingerprint density at radius 1 is 1.11 bits per heavy atom. The molecule has 0 aliphatic carbocycles. The Morgan fingerprint density at radius 2 is 1.79 bits per heavy atom. The Hall–Kier alpha value is -3.25. The van der Waals surface area contributed by atoms with Gasteiger partial charge in [-0.15, -0.1) is 11.3 Å². The normalized spacial score (nSPS) is 10.5. The van der Waals surface area contributed by atoms with E-state index in [2.05, 4.69) is 5.32 Å². The Balaban J connectivity index is 2.05. The molecule has 3 aromatic rings. The molecule has 0 aliphatic heterocycles. The van der Waals surface area contributed by atoms with Gasteiger partial charge in [0.05, 0.1) is 0 Å². The maximum atomic E-state index is 11.9. The molecule has 1 aromatic heterocycles. The average molecular weight is 392 g/mol. The smallest absolute Gasteiger partial charge is 0.346 e. The van der Waals surface area contributed by atoms with Gasteiger partial charge in [0.25, 0.3) is 5.91 Å². The van der Waals surface area contributed by atoms with Crippen LogP contribution in [0.2, 0.25) is 0 Å². The number of carbonyl (C=O) groups is 2. The summed E-state index contributed by atoms with van der Waals surface area (Å²) >= 11 is 1.23. The largest absolute Gasteiger partial charge is 0.477 e. The van der Waals surface area contributed by atoms with E-state index in [0.29, 0.717) is 23.1 Å². The molecule has 0 aliphatic rings. The lowest BCUT2D eigenvalue weighted by atomic mass is 9.96. The minimum atomic E-state index is -0.981. The molecule has 3 rings (SSSR count). The summed E-state index contributed by atoms with van der Waals surface area (Å²) in [5, 5.41) is 19.9. The lowest BCUT2D eigenvalue weighted by Gasteiger charge is -2.08. The molecule has 0 fully saturated rings. The first-order chi connectivity index (χ1) is 13.5. The van der Waals surface area contributed by atoms with Crippen LogP contribution in [0.25, 0.3) is 22.3 Å². The van der Waals surface area contributed by atoms with E-state index in [1.165, 1.54) is 17.6 Å². The first-order valence-electron chi connectivity index (χ1n) is 8.82. The van der Waals surface area contributed by atoms with Crippen LogP contribution in [-0.4, -0.2) is 30.2 Å². The third-order valence-electron chi connectivity index (χ3n) is 4.54. The first-order valence-corrected chi connectivity index (χ1v) is 9.64. The predicted octanol–water partition coefficient (Wildman–Crippen LogP) is 4.70. The number of amides is 1. The molecule has 6 heteroatoms. The minimum absolute atomic E-state index is 0.148. The molecule has 3 N–H and O–H groups in total. The average Bonchev–Trinajstić information content (AvgIpc) is 3.12. The van der Waals surface area contributed by atoms with Gasteiger partial charge in [0.1, 0.15) is 4.88 Å². The molecular formula is C22H20N2O3S. The highest BCUT2D eigenvalue weighted by Gasteiger charge is 2.22. The molecule has 5 nitrogen and oxygen atoms in total. The van der Waals surface area contributed by atoms with Crippen LogP contribution < -0.4 is 5.32 Å². The van der Waals surface area contributed by atoms with Crippen molar-refractivity contribution in [2.75, 3.05) is 7.05 Å². The number of benzene rings is 2. The Kier molecular flexibility index (Phi) is 5.70. The molecule has 0 radical (unpaired) electrons. The number of hydrogen-bond acceptors (Lipinski definition) is 4. The van der Waals surface area contributed by atoms with Crippen LogP contribution in [0.5, 0.6) is 0 Å². The van der Waals surface area contributed by atoms with E-state index in [1.807, 2.05) is 49.4 Å². The van der Waals surface area contributed by atoms with E-state index in [1.54, 1.807) is 13.1 Å². The van der Waals surface area contributed by atoms with Crippen molar-refractivity contribution in [2.24, 2.45) is 0 Å². The van der Waals surface area contributed by atoms with Gasteiger partial charge in [-0.3, -0.25) is 4.79 Å². The van der Waals surface area contributed by atoms with Crippen molar-refractivity contribution in [3.8, 4) is 22.3 Å². The van der Waals surface area contributed by atoms with E-state index in [-0.39, 0.29) is 10.8 Å². The summed E-state index contributed by atoms with van der Waals surface area (Å²) in [6, 6.07) is 14.9. The molecule has 28 heavy (non-hydrogen) atoms. The molecule has 2 aromatic carbocycles. The van der Waals surface area contributed by atoms with Gasteiger partial charge in [-0.25, -0.2) is 4.79 Å². The Labute approximate surface area is 167 Å². The third-order valence-corrected chi connectivity index (χ3v) is 5.88. The molecule has 0 atom stereocenters. The third kappa shape index (κ3) is 3.59. The van der Waals surface area contributed by atoms with Gasteiger partial charge in [-0.1, -0.05) is 43.3 Å². The summed E-state index contributed by atoms with van der Waals surface area (Å²) in [5.41, 5.74) is 4.42. The topological polar surface area (TPSA) is 90.2 Å². The van der Waals surface area contributed by atoms with Gasteiger partial charge in [0.15, 0.2) is 0 Å². The fraction of sp³-hybridized carbons (Fsp3) is 0.136. The van der Waals surface area contributed by atoms with Crippen LogP contribution in [-0.2, 0) is 6.42 Å². The second-order valence-electron chi connectivity index (χ2n) is 6.18. The molecule has 0 unspecified atom stereocenters. The van der Waals surface area contributed by atoms with Gasteiger partial charge >= 0.3 is 5.97 Å². The Bertz CT molecular complexity index is 1050. The summed E-state index contributed by atoms with van der Waals surface area (Å²) in [4.78, 5) is 24.7. The van der Waals surface area contributed by atoms with Crippen molar-refractivity contribution in [1.82, 2.24) is 5.32 Å². The number of hydrogen-bond donors (Lipinski definition) is 3. The zero-order valence-corrected chi connectivity index (χ0v) is 16.4. The van der Waals surface area contributed by atoms with Gasteiger partial charge < -0.3 is 15.8 Å². The van der Waals surface area contributed by atoms with Crippen molar-refractivity contribution < 1.29 is 14.7 Å². The first kappa shape index (κ1) is 19.5. The number of aromatic carboxylic acids is 1. The fourth-order valence-electron chi connectivity index (χ4n) is 3.16. The van der Waals surface area contributed by atoms with Crippen LogP contribution >= 0.6 is 11.3 Å². The van der Waals surface area contributed by atoms with Crippen LogP contribution in [0.1, 0.15) is 37.4 Å². The number of aryl methyl sites for hydroxylation is 1. The standard InChI is InChI=1S/C22H20N2O3S/c1-3-18-17(12-23)19(20(28-18)22(26)27)14-9-7-13(8-10-14)15-5-4-6-16(11-15)21(25)24-2/h4-12,23H,3H2,1-2H3,(H,24,25)(H,26,27). The number of carbonyl (C=O) groups excluding carboxylic acids is 1. The molecule has 0 spiro atoms. The zero-order valence-electron chi connectivity index (χ0n) is 15.6. The predicted molar refractivity (Wildman–Crippen MR) is 113 cm³/mol. The van der Waals surface area contributed by atoms with Gasteiger partial charge in [0.2, 0.25) is 0 Å².